The van der Waals surface area contributed by atoms with Gasteiger partial charge in [0.05, 0.1) is 5.69 Å². The molecule has 0 saturated heterocycles. The molecule has 0 atom stereocenters. The molecule has 1 aliphatic rings. The monoisotopic (exact) mass is 427 g/mol. The summed E-state index contributed by atoms with van der Waals surface area (Å²) >= 11 is 0. The van der Waals surface area contributed by atoms with Gasteiger partial charge in [-0.3, -0.25) is 4.98 Å². The van der Waals surface area contributed by atoms with Gasteiger partial charge in [0, 0.05) is 66.3 Å². The Morgan fingerprint density at radius 2 is 1.94 bits per heavy atom. The molecule has 164 valence electrons. The second-order valence-corrected chi connectivity index (χ2v) is 8.43. The zero-order valence-corrected chi connectivity index (χ0v) is 18.2. The van der Waals surface area contributed by atoms with E-state index in [0.29, 0.717) is 6.04 Å². The third-order valence-electron chi connectivity index (χ3n) is 6.08. The summed E-state index contributed by atoms with van der Waals surface area (Å²) in [4.78, 5) is 21.3. The molecule has 0 amide bonds. The number of nitrogens with one attached hydrogen (secondary N) is 3. The number of H-pyrrole nitrogens is 1. The van der Waals surface area contributed by atoms with Crippen molar-refractivity contribution in [3.8, 4) is 11.3 Å². The average molecular weight is 428 g/mol. The van der Waals surface area contributed by atoms with Crippen LogP contribution in [-0.2, 0) is 6.42 Å². The standard InChI is InChI=1S/C25H29N7/c1-2-5-20(6-3-1)31-24-16-18(8-12-27-24)22-15-19-17-26-11-9-21(19)25(32-22)30-10-4-7-23-28-13-14-29-23/h8-9,11-17,20H,1-7,10H2,(H,27,31)(H,28,29)(H,30,32). The van der Waals surface area contributed by atoms with Crippen LogP contribution in [0.15, 0.2) is 55.2 Å². The van der Waals surface area contributed by atoms with Gasteiger partial charge in [0.1, 0.15) is 17.5 Å². The largest absolute Gasteiger partial charge is 0.370 e. The summed E-state index contributed by atoms with van der Waals surface area (Å²) in [6, 6.07) is 8.78. The summed E-state index contributed by atoms with van der Waals surface area (Å²) in [5.41, 5.74) is 1.98. The van der Waals surface area contributed by atoms with Crippen molar-refractivity contribution in [3.63, 3.8) is 0 Å². The lowest BCUT2D eigenvalue weighted by Gasteiger charge is -2.23. The van der Waals surface area contributed by atoms with Crippen LogP contribution < -0.4 is 10.6 Å². The van der Waals surface area contributed by atoms with Crippen molar-refractivity contribution in [1.82, 2.24) is 24.9 Å². The van der Waals surface area contributed by atoms with Gasteiger partial charge in [0.15, 0.2) is 0 Å². The van der Waals surface area contributed by atoms with Crippen LogP contribution >= 0.6 is 0 Å². The average Bonchev–Trinajstić information content (AvgIpc) is 3.36. The number of fused-ring (bicyclic) bond motifs is 1. The van der Waals surface area contributed by atoms with Crippen LogP contribution in [0.1, 0.15) is 44.3 Å². The third kappa shape index (κ3) is 4.88. The second-order valence-electron chi connectivity index (χ2n) is 8.43. The molecule has 4 aromatic rings. The molecule has 4 aromatic heterocycles. The number of aryl methyl sites for hydroxylation is 1. The highest BCUT2D eigenvalue weighted by Gasteiger charge is 2.14. The van der Waals surface area contributed by atoms with Gasteiger partial charge in [-0.1, -0.05) is 19.3 Å². The Hall–Kier alpha value is -3.48. The van der Waals surface area contributed by atoms with Crippen molar-refractivity contribution in [2.24, 2.45) is 0 Å². The molecular formula is C25H29N7. The number of aromatic amines is 1. The van der Waals surface area contributed by atoms with Crippen LogP contribution in [0.3, 0.4) is 0 Å². The number of hydrogen-bond donors (Lipinski definition) is 3. The van der Waals surface area contributed by atoms with Crippen LogP contribution in [0.25, 0.3) is 22.0 Å². The van der Waals surface area contributed by atoms with Gasteiger partial charge in [-0.15, -0.1) is 0 Å². The van der Waals surface area contributed by atoms with E-state index in [1.165, 1.54) is 32.1 Å². The molecule has 0 aromatic carbocycles. The molecule has 0 spiro atoms. The van der Waals surface area contributed by atoms with E-state index in [-0.39, 0.29) is 0 Å². The van der Waals surface area contributed by atoms with Gasteiger partial charge in [0.25, 0.3) is 0 Å². The molecule has 4 heterocycles. The minimum atomic E-state index is 0.520. The molecule has 1 fully saturated rings. The Balaban J connectivity index is 1.36. The first kappa shape index (κ1) is 20.4. The van der Waals surface area contributed by atoms with Crippen molar-refractivity contribution in [2.45, 2.75) is 51.0 Å². The molecule has 0 unspecified atom stereocenters. The fourth-order valence-corrected chi connectivity index (χ4v) is 4.40. The van der Waals surface area contributed by atoms with Gasteiger partial charge < -0.3 is 15.6 Å². The first-order chi connectivity index (χ1) is 15.8. The number of imidazole rings is 1. The van der Waals surface area contributed by atoms with Crippen molar-refractivity contribution in [3.05, 3.63) is 61.1 Å². The van der Waals surface area contributed by atoms with Crippen LogP contribution in [0.4, 0.5) is 11.6 Å². The number of aromatic nitrogens is 5. The predicted molar refractivity (Wildman–Crippen MR) is 129 cm³/mol. The Morgan fingerprint density at radius 1 is 1.00 bits per heavy atom. The van der Waals surface area contributed by atoms with E-state index in [9.17, 15) is 0 Å². The zero-order valence-electron chi connectivity index (χ0n) is 18.2. The Morgan fingerprint density at radius 3 is 2.81 bits per heavy atom. The molecule has 1 aliphatic carbocycles. The summed E-state index contributed by atoms with van der Waals surface area (Å²) in [6.45, 7) is 0.819. The molecule has 0 radical (unpaired) electrons. The van der Waals surface area contributed by atoms with E-state index in [2.05, 4.69) is 42.7 Å². The molecule has 5 rings (SSSR count). The zero-order chi connectivity index (χ0) is 21.6. The van der Waals surface area contributed by atoms with Crippen LogP contribution in [-0.4, -0.2) is 37.5 Å². The third-order valence-corrected chi connectivity index (χ3v) is 6.08. The SMILES string of the molecule is c1cc2c(NCCCc3ncc[nH]3)nc(-c3ccnc(NC4CCCCC4)c3)cc2cn1. The molecule has 7 nitrogen and oxygen atoms in total. The lowest BCUT2D eigenvalue weighted by Crippen LogP contribution is -2.22. The van der Waals surface area contributed by atoms with E-state index in [1.807, 2.05) is 36.9 Å². The number of rotatable bonds is 8. The second kappa shape index (κ2) is 9.77. The maximum Gasteiger partial charge on any atom is 0.134 e. The lowest BCUT2D eigenvalue weighted by molar-refractivity contribution is 0.462. The summed E-state index contributed by atoms with van der Waals surface area (Å²) < 4.78 is 0. The highest BCUT2D eigenvalue weighted by atomic mass is 15.0. The summed E-state index contributed by atoms with van der Waals surface area (Å²) in [7, 11) is 0. The van der Waals surface area contributed by atoms with E-state index >= 15 is 0 Å². The number of hydrogen-bond acceptors (Lipinski definition) is 6. The highest BCUT2D eigenvalue weighted by molar-refractivity contribution is 5.94. The van der Waals surface area contributed by atoms with E-state index in [1.54, 1.807) is 6.20 Å². The first-order valence-electron chi connectivity index (χ1n) is 11.5. The van der Waals surface area contributed by atoms with Crippen molar-refractivity contribution in [2.75, 3.05) is 17.2 Å². The van der Waals surface area contributed by atoms with E-state index in [4.69, 9.17) is 4.98 Å². The van der Waals surface area contributed by atoms with Crippen molar-refractivity contribution < 1.29 is 0 Å². The molecule has 0 bridgehead atoms. The van der Waals surface area contributed by atoms with Gasteiger partial charge in [-0.25, -0.2) is 15.0 Å². The minimum Gasteiger partial charge on any atom is -0.370 e. The number of pyridine rings is 3. The van der Waals surface area contributed by atoms with Crippen molar-refractivity contribution in [1.29, 1.82) is 0 Å². The highest BCUT2D eigenvalue weighted by Crippen LogP contribution is 2.29. The van der Waals surface area contributed by atoms with Gasteiger partial charge >= 0.3 is 0 Å². The normalized spacial score (nSPS) is 14.5. The summed E-state index contributed by atoms with van der Waals surface area (Å²) in [5.74, 6) is 2.82. The quantitative estimate of drug-likeness (QED) is 0.335. The first-order valence-corrected chi connectivity index (χ1v) is 11.5. The van der Waals surface area contributed by atoms with Crippen LogP contribution in [0, 0.1) is 0 Å². The topological polar surface area (TPSA) is 91.4 Å². The van der Waals surface area contributed by atoms with Gasteiger partial charge in [-0.05, 0) is 43.5 Å². The molecular weight excluding hydrogens is 398 g/mol. The summed E-state index contributed by atoms with van der Waals surface area (Å²) in [6.07, 6.45) is 17.5. The Bertz CT molecular complexity index is 1150. The summed E-state index contributed by atoms with van der Waals surface area (Å²) in [5, 5.41) is 9.30. The lowest BCUT2D eigenvalue weighted by atomic mass is 9.95. The maximum absolute atomic E-state index is 4.98. The van der Waals surface area contributed by atoms with Crippen LogP contribution in [0.2, 0.25) is 0 Å². The van der Waals surface area contributed by atoms with E-state index in [0.717, 1.165) is 58.9 Å². The minimum absolute atomic E-state index is 0.520. The molecule has 1 saturated carbocycles. The number of anilines is 2. The molecule has 7 heteroatoms. The number of nitrogens with zero attached hydrogens (tertiary/aromatic N) is 4. The fraction of sp³-hybridized carbons (Fsp3) is 0.360. The Labute approximate surface area is 188 Å². The predicted octanol–water partition coefficient (Wildman–Crippen LogP) is 5.20. The molecule has 3 N–H and O–H groups in total. The molecule has 0 aliphatic heterocycles. The molecule has 32 heavy (non-hydrogen) atoms. The smallest absolute Gasteiger partial charge is 0.134 e. The van der Waals surface area contributed by atoms with Crippen LogP contribution in [0.5, 0.6) is 0 Å². The van der Waals surface area contributed by atoms with Gasteiger partial charge in [0.2, 0.25) is 0 Å². The maximum atomic E-state index is 4.98. The van der Waals surface area contributed by atoms with Gasteiger partial charge in [-0.2, -0.15) is 0 Å². The fourth-order valence-electron chi connectivity index (χ4n) is 4.40. The Kier molecular flexibility index (Phi) is 6.23. The van der Waals surface area contributed by atoms with Crippen molar-refractivity contribution >= 4 is 22.4 Å². The van der Waals surface area contributed by atoms with E-state index < -0.39 is 0 Å².